The minimum Gasteiger partial charge on any atom is -0.391 e. The number of amides is 10. The van der Waals surface area contributed by atoms with Crippen molar-refractivity contribution in [2.45, 2.75) is 226 Å². The average molecular weight is 1170 g/mol. The Hall–Kier alpha value is -6.23. The summed E-state index contributed by atoms with van der Waals surface area (Å²) in [7, 11) is 3.78. The highest BCUT2D eigenvalue weighted by Gasteiger charge is 2.43. The van der Waals surface area contributed by atoms with E-state index in [4.69, 9.17) is 0 Å². The van der Waals surface area contributed by atoms with Crippen LogP contribution in [0.5, 0.6) is 0 Å². The van der Waals surface area contributed by atoms with E-state index >= 15 is 0 Å². The normalized spacial score (nSPS) is 17.9. The summed E-state index contributed by atoms with van der Waals surface area (Å²) in [6.45, 7) is 22.2. The Morgan fingerprint density at radius 2 is 1.10 bits per heavy atom. The van der Waals surface area contributed by atoms with Crippen molar-refractivity contribution < 1.29 is 57.4 Å². The van der Waals surface area contributed by atoms with Gasteiger partial charge in [-0.25, -0.2) is 4.39 Å². The maximum atomic E-state index is 14.4. The van der Waals surface area contributed by atoms with Crippen molar-refractivity contribution >= 4 is 59.1 Å². The molecule has 0 radical (unpaired) electrons. The molecule has 22 nitrogen and oxygen atoms in total. The minimum atomic E-state index is -1.68. The number of aliphatic hydroxyl groups is 1. The molecular formula is C60H100FN11O11. The van der Waals surface area contributed by atoms with Gasteiger partial charge in [-0.3, -0.25) is 47.9 Å². The van der Waals surface area contributed by atoms with Gasteiger partial charge in [0.2, 0.25) is 53.2 Å². The van der Waals surface area contributed by atoms with Crippen LogP contribution >= 0.6 is 0 Å². The molecule has 1 saturated carbocycles. The van der Waals surface area contributed by atoms with E-state index in [1.165, 1.54) is 58.6 Å². The SMILES string of the molecule is CC(C)C[C@H](NC(=O)[C@H](CCC1CCCCC1)NC(=O)[C@@H]1C[C@@H](O)CN1C(=O)c1ccc(F)cc1)C(=O)NC(C)(C)C(=O)N[C@@H](CC(C)C)C(=O)N[C@@H](CC(C)C)C(=O)NC(C)(C)C(=O)NC(C)(C)C(=O)NCCC(=O)N[C@@H](C)CN(C)C. The third kappa shape index (κ3) is 23.7. The molecule has 83 heavy (non-hydrogen) atoms. The Balaban J connectivity index is 1.75. The lowest BCUT2D eigenvalue weighted by atomic mass is 9.85. The van der Waals surface area contributed by atoms with Gasteiger partial charge in [0.1, 0.15) is 52.6 Å². The fourth-order valence-electron chi connectivity index (χ4n) is 10.3. The van der Waals surface area contributed by atoms with Gasteiger partial charge in [0, 0.05) is 44.1 Å². The monoisotopic (exact) mass is 1170 g/mol. The van der Waals surface area contributed by atoms with Gasteiger partial charge < -0.3 is 62.8 Å². The van der Waals surface area contributed by atoms with Crippen molar-refractivity contribution in [1.82, 2.24) is 57.7 Å². The Morgan fingerprint density at radius 1 is 0.614 bits per heavy atom. The lowest BCUT2D eigenvalue weighted by Crippen LogP contribution is -2.65. The van der Waals surface area contributed by atoms with E-state index in [1.54, 1.807) is 0 Å². The van der Waals surface area contributed by atoms with E-state index in [0.29, 0.717) is 18.9 Å². The van der Waals surface area contributed by atoms with Crippen LogP contribution < -0.4 is 47.9 Å². The largest absolute Gasteiger partial charge is 0.391 e. The van der Waals surface area contributed by atoms with Gasteiger partial charge in [-0.15, -0.1) is 0 Å². The van der Waals surface area contributed by atoms with E-state index in [9.17, 15) is 57.4 Å². The van der Waals surface area contributed by atoms with Gasteiger partial charge in [-0.1, -0.05) is 73.6 Å². The second-order valence-corrected chi connectivity index (χ2v) is 26.1. The summed E-state index contributed by atoms with van der Waals surface area (Å²) in [4.78, 5) is 142. The Morgan fingerprint density at radius 3 is 1.60 bits per heavy atom. The number of hydrogen-bond donors (Lipinski definition) is 10. The van der Waals surface area contributed by atoms with Crippen molar-refractivity contribution in [3.05, 3.63) is 35.6 Å². The molecule has 1 aromatic carbocycles. The first-order chi connectivity index (χ1) is 38.5. The number of aliphatic hydroxyl groups excluding tert-OH is 1. The van der Waals surface area contributed by atoms with Crippen molar-refractivity contribution in [2.24, 2.45) is 23.7 Å². The zero-order valence-corrected chi connectivity index (χ0v) is 52.1. The summed E-state index contributed by atoms with van der Waals surface area (Å²) < 4.78 is 13.7. The number of nitrogens with zero attached hydrogens (tertiary/aromatic N) is 2. The van der Waals surface area contributed by atoms with Gasteiger partial charge in [0.25, 0.3) is 5.91 Å². The molecule has 1 saturated heterocycles. The molecule has 7 atom stereocenters. The molecule has 10 amide bonds. The minimum absolute atomic E-state index is 0.0190. The molecule has 1 aliphatic carbocycles. The van der Waals surface area contributed by atoms with Crippen LogP contribution in [0.25, 0.3) is 0 Å². The summed E-state index contributed by atoms with van der Waals surface area (Å²) in [6.07, 6.45) is 5.24. The number of likely N-dealkylation sites (tertiary alicyclic amines) is 1. The maximum Gasteiger partial charge on any atom is 0.254 e. The van der Waals surface area contributed by atoms with Crippen LogP contribution in [0.2, 0.25) is 0 Å². The van der Waals surface area contributed by atoms with E-state index < -0.39 is 112 Å². The Bertz CT molecular complexity index is 2390. The number of benzene rings is 1. The lowest BCUT2D eigenvalue weighted by molar-refractivity contribution is -0.139. The van der Waals surface area contributed by atoms with E-state index in [0.717, 1.165) is 44.2 Å². The molecule has 0 spiro atoms. The number of nitrogens with one attached hydrogen (secondary N) is 9. The Kier molecular flexibility index (Phi) is 27.5. The molecule has 2 aliphatic rings. The second kappa shape index (κ2) is 32.2. The average Bonchev–Trinajstić information content (AvgIpc) is 3.98. The van der Waals surface area contributed by atoms with Crippen LogP contribution in [0.1, 0.15) is 177 Å². The highest BCUT2D eigenvalue weighted by atomic mass is 19.1. The van der Waals surface area contributed by atoms with Gasteiger partial charge in [0.15, 0.2) is 0 Å². The molecule has 0 unspecified atom stereocenters. The standard InChI is InChI=1S/C60H100FN11O11/c1-35(2)29-44(50(76)66-46(31-37(5)6)52(78)69-60(12,13)57(83)70-58(8,9)55(81)62-28-27-48(74)63-38(7)33-71(14)15)67-56(82)59(10,11)68-51(77)45(30-36(3)4)65-49(75)43(26-21-39-19-17-16-18-20-39)64-53(79)47-32-42(73)34-72(47)54(80)40-22-24-41(61)25-23-40/h22-25,35-39,42-47,73H,16-21,26-34H2,1-15H3,(H,62,81)(H,63,74)(H,64,79)(H,65,75)(H,66,76)(H,67,82)(H,68,77)(H,69,78)(H,70,83)/t38-,42+,43-,44-,45-,46-,47-/m0/s1. The first-order valence-electron chi connectivity index (χ1n) is 29.7. The van der Waals surface area contributed by atoms with Gasteiger partial charge in [-0.05, 0) is 143 Å². The number of carbonyl (C=O) groups is 10. The summed E-state index contributed by atoms with van der Waals surface area (Å²) in [5.41, 5.74) is -4.62. The van der Waals surface area contributed by atoms with Gasteiger partial charge in [-0.2, -0.15) is 0 Å². The molecule has 1 aliphatic heterocycles. The fourth-order valence-corrected chi connectivity index (χ4v) is 10.3. The van der Waals surface area contributed by atoms with Crippen molar-refractivity contribution in [2.75, 3.05) is 33.7 Å². The van der Waals surface area contributed by atoms with Crippen LogP contribution in [0.15, 0.2) is 24.3 Å². The van der Waals surface area contributed by atoms with Gasteiger partial charge in [0.05, 0.1) is 6.10 Å². The van der Waals surface area contributed by atoms with E-state index in [2.05, 4.69) is 47.9 Å². The number of carbonyl (C=O) groups excluding carboxylic acids is 10. The molecule has 10 N–H and O–H groups in total. The highest BCUT2D eigenvalue weighted by molar-refractivity contribution is 6.01. The molecular weight excluding hydrogens is 1070 g/mol. The molecule has 468 valence electrons. The third-order valence-corrected chi connectivity index (χ3v) is 14.8. The first-order valence-corrected chi connectivity index (χ1v) is 29.7. The summed E-state index contributed by atoms with van der Waals surface area (Å²) >= 11 is 0. The van der Waals surface area contributed by atoms with Crippen LogP contribution in [0.4, 0.5) is 4.39 Å². The fraction of sp³-hybridized carbons (Fsp3) is 0.733. The number of rotatable bonds is 31. The van der Waals surface area contributed by atoms with Crippen LogP contribution in [-0.4, -0.2) is 167 Å². The summed E-state index contributed by atoms with van der Waals surface area (Å²) in [5.74, 6) is -6.92. The topological polar surface area (TPSA) is 306 Å². The van der Waals surface area contributed by atoms with Crippen LogP contribution in [-0.2, 0) is 43.2 Å². The van der Waals surface area contributed by atoms with Gasteiger partial charge >= 0.3 is 0 Å². The van der Waals surface area contributed by atoms with Crippen LogP contribution in [0, 0.1) is 29.5 Å². The lowest BCUT2D eigenvalue weighted by Gasteiger charge is -2.34. The van der Waals surface area contributed by atoms with Crippen molar-refractivity contribution in [3.63, 3.8) is 0 Å². The predicted molar refractivity (Wildman–Crippen MR) is 314 cm³/mol. The molecule has 2 fully saturated rings. The molecule has 1 aromatic rings. The number of halogens is 1. The molecule has 23 heteroatoms. The summed E-state index contributed by atoms with van der Waals surface area (Å²) in [5, 5.41) is 35.6. The third-order valence-electron chi connectivity index (χ3n) is 14.8. The molecule has 3 rings (SSSR count). The number of likely N-dealkylation sites (N-methyl/N-ethyl adjacent to an activating group) is 1. The number of hydrogen-bond acceptors (Lipinski definition) is 12. The zero-order chi connectivity index (χ0) is 62.7. The second-order valence-electron chi connectivity index (χ2n) is 26.1. The number of β-amino-alcohol motifs (C(OH)–C–C–N with tert-alkyl or cyclic N) is 1. The quantitative estimate of drug-likeness (QED) is 0.0513. The highest BCUT2D eigenvalue weighted by Crippen LogP contribution is 2.29. The van der Waals surface area contributed by atoms with Crippen molar-refractivity contribution in [3.8, 4) is 0 Å². The van der Waals surface area contributed by atoms with E-state index in [1.807, 2.05) is 67.5 Å². The molecule has 0 bridgehead atoms. The molecule has 1 heterocycles. The first kappa shape index (κ1) is 71.0. The molecule has 0 aromatic heterocycles. The van der Waals surface area contributed by atoms with E-state index in [-0.39, 0.29) is 86.9 Å². The maximum absolute atomic E-state index is 14.4. The smallest absolute Gasteiger partial charge is 0.254 e. The Labute approximate surface area is 491 Å². The predicted octanol–water partition coefficient (Wildman–Crippen LogP) is 3.10. The van der Waals surface area contributed by atoms with Crippen LogP contribution in [0.3, 0.4) is 0 Å². The summed E-state index contributed by atoms with van der Waals surface area (Å²) in [6, 6.07) is -1.13. The van der Waals surface area contributed by atoms with Crippen molar-refractivity contribution in [1.29, 1.82) is 0 Å². The zero-order valence-electron chi connectivity index (χ0n) is 52.1.